The molecule has 0 heterocycles. The molecule has 0 saturated heterocycles. The first-order valence-electron chi connectivity index (χ1n) is 6.35. The van der Waals surface area contributed by atoms with E-state index in [0.717, 1.165) is 12.1 Å². The van der Waals surface area contributed by atoms with Crippen molar-refractivity contribution in [1.29, 1.82) is 0 Å². The van der Waals surface area contributed by atoms with E-state index in [4.69, 9.17) is 5.11 Å². The Balaban J connectivity index is 2.55. The Bertz CT molecular complexity index is 376. The summed E-state index contributed by atoms with van der Waals surface area (Å²) in [5.74, 6) is 0.530. The van der Waals surface area contributed by atoms with Crippen LogP contribution in [0, 0.1) is 0 Å². The van der Waals surface area contributed by atoms with Gasteiger partial charge in [0.05, 0.1) is 12.6 Å². The zero-order valence-corrected chi connectivity index (χ0v) is 11.2. The summed E-state index contributed by atoms with van der Waals surface area (Å²) in [6.07, 6.45) is 1.10. The molecular weight excluding hydrogens is 228 g/mol. The molecule has 0 fully saturated rings. The van der Waals surface area contributed by atoms with Gasteiger partial charge in [0, 0.05) is 5.69 Å². The Kier molecular flexibility index (Phi) is 5.65. The largest absolute Gasteiger partial charge is 0.394 e. The highest BCUT2D eigenvalue weighted by Crippen LogP contribution is 2.20. The molecule has 2 amide bonds. The second-order valence-electron chi connectivity index (χ2n) is 4.61. The predicted molar refractivity (Wildman–Crippen MR) is 73.9 cm³/mol. The molecule has 0 spiro atoms. The van der Waals surface area contributed by atoms with Gasteiger partial charge in [0.2, 0.25) is 0 Å². The Hall–Kier alpha value is -1.55. The number of aliphatic hydroxyl groups excluding tert-OH is 1. The van der Waals surface area contributed by atoms with Crippen molar-refractivity contribution >= 4 is 11.7 Å². The van der Waals surface area contributed by atoms with Gasteiger partial charge in [-0.25, -0.2) is 4.79 Å². The number of benzene rings is 1. The van der Waals surface area contributed by atoms with Crippen LogP contribution in [0.25, 0.3) is 0 Å². The monoisotopic (exact) mass is 250 g/mol. The molecule has 0 bridgehead atoms. The van der Waals surface area contributed by atoms with Gasteiger partial charge in [-0.2, -0.15) is 0 Å². The number of hydrogen-bond acceptors (Lipinski definition) is 2. The van der Waals surface area contributed by atoms with Gasteiger partial charge in [0.1, 0.15) is 0 Å². The fraction of sp³-hybridized carbons (Fsp3) is 0.500. The predicted octanol–water partition coefficient (Wildman–Crippen LogP) is 2.70. The molecule has 0 aliphatic carbocycles. The van der Waals surface area contributed by atoms with E-state index in [2.05, 4.69) is 24.5 Å². The van der Waals surface area contributed by atoms with Gasteiger partial charge in [0.15, 0.2) is 0 Å². The maximum atomic E-state index is 11.5. The molecule has 4 heteroatoms. The van der Waals surface area contributed by atoms with Gasteiger partial charge in [-0.1, -0.05) is 26.0 Å². The molecule has 3 N–H and O–H groups in total. The smallest absolute Gasteiger partial charge is 0.319 e. The summed E-state index contributed by atoms with van der Waals surface area (Å²) in [6, 6.07) is 7.30. The summed E-state index contributed by atoms with van der Waals surface area (Å²) in [7, 11) is 0. The molecule has 1 aromatic rings. The van der Waals surface area contributed by atoms with Gasteiger partial charge in [0.25, 0.3) is 0 Å². The average molecular weight is 250 g/mol. The Morgan fingerprint density at radius 1 is 1.28 bits per heavy atom. The van der Waals surface area contributed by atoms with Crippen LogP contribution < -0.4 is 10.6 Å². The number of nitrogens with one attached hydrogen (secondary N) is 2. The van der Waals surface area contributed by atoms with E-state index in [1.54, 1.807) is 6.92 Å². The number of hydrogen-bond donors (Lipinski definition) is 3. The first kappa shape index (κ1) is 14.5. The second-order valence-corrected chi connectivity index (χ2v) is 4.61. The van der Waals surface area contributed by atoms with Crippen LogP contribution >= 0.6 is 0 Å². The van der Waals surface area contributed by atoms with E-state index < -0.39 is 0 Å². The van der Waals surface area contributed by atoms with Crippen LogP contribution in [-0.4, -0.2) is 23.8 Å². The molecule has 0 saturated carbocycles. The third-order valence-electron chi connectivity index (χ3n) is 3.00. The van der Waals surface area contributed by atoms with E-state index in [1.807, 2.05) is 24.3 Å². The van der Waals surface area contributed by atoms with Crippen LogP contribution in [0.15, 0.2) is 24.3 Å². The van der Waals surface area contributed by atoms with E-state index in [9.17, 15) is 4.79 Å². The Morgan fingerprint density at radius 3 is 2.39 bits per heavy atom. The molecule has 0 aromatic heterocycles. The van der Waals surface area contributed by atoms with Crippen LogP contribution in [0.2, 0.25) is 0 Å². The highest BCUT2D eigenvalue weighted by molar-refractivity contribution is 5.89. The number of urea groups is 1. The molecule has 0 unspecified atom stereocenters. The Morgan fingerprint density at radius 2 is 1.89 bits per heavy atom. The van der Waals surface area contributed by atoms with Crippen molar-refractivity contribution in [2.45, 2.75) is 39.2 Å². The molecule has 1 rings (SSSR count). The van der Waals surface area contributed by atoms with Gasteiger partial charge in [-0.15, -0.1) is 0 Å². The van der Waals surface area contributed by atoms with Crippen LogP contribution in [0.1, 0.15) is 38.7 Å². The first-order valence-corrected chi connectivity index (χ1v) is 6.35. The standard InChI is InChI=1S/C14H22N2O2/c1-4-10(2)12-5-7-13(8-6-12)16-14(18)15-11(3)9-17/h5-8,10-11,17H,4,9H2,1-3H3,(H2,15,16,18)/t10-,11+/m0/s1. The molecule has 0 aliphatic rings. The quantitative estimate of drug-likeness (QED) is 0.752. The second kappa shape index (κ2) is 7.01. The van der Waals surface area contributed by atoms with Crippen LogP contribution in [0.4, 0.5) is 10.5 Å². The van der Waals surface area contributed by atoms with Crippen molar-refractivity contribution < 1.29 is 9.90 Å². The molecule has 0 aliphatic heterocycles. The lowest BCUT2D eigenvalue weighted by atomic mass is 9.99. The lowest BCUT2D eigenvalue weighted by Gasteiger charge is -2.13. The number of carbonyl (C=O) groups is 1. The number of carbonyl (C=O) groups excluding carboxylic acids is 1. The minimum atomic E-state index is -0.298. The zero-order chi connectivity index (χ0) is 13.5. The molecular formula is C14H22N2O2. The fourth-order valence-electron chi connectivity index (χ4n) is 1.57. The van der Waals surface area contributed by atoms with Crippen molar-refractivity contribution in [1.82, 2.24) is 5.32 Å². The maximum absolute atomic E-state index is 11.5. The normalized spacial score (nSPS) is 13.8. The first-order chi connectivity index (χ1) is 8.56. The number of rotatable bonds is 5. The highest BCUT2D eigenvalue weighted by Gasteiger charge is 2.07. The minimum absolute atomic E-state index is 0.0691. The SMILES string of the molecule is CC[C@H](C)c1ccc(NC(=O)N[C@H](C)CO)cc1. The van der Waals surface area contributed by atoms with E-state index in [-0.39, 0.29) is 18.7 Å². The molecule has 4 nitrogen and oxygen atoms in total. The Labute approximate surface area is 108 Å². The molecule has 0 radical (unpaired) electrons. The topological polar surface area (TPSA) is 61.4 Å². The van der Waals surface area contributed by atoms with Gasteiger partial charge in [-0.05, 0) is 37.0 Å². The van der Waals surface area contributed by atoms with Crippen LogP contribution in [0.3, 0.4) is 0 Å². The van der Waals surface area contributed by atoms with Crippen molar-refractivity contribution in [3.05, 3.63) is 29.8 Å². The average Bonchev–Trinajstić information content (AvgIpc) is 2.38. The van der Waals surface area contributed by atoms with Gasteiger partial charge < -0.3 is 15.7 Å². The number of aliphatic hydroxyl groups is 1. The number of amides is 2. The van der Waals surface area contributed by atoms with Crippen LogP contribution in [0.5, 0.6) is 0 Å². The van der Waals surface area contributed by atoms with E-state index in [0.29, 0.717) is 5.92 Å². The van der Waals surface area contributed by atoms with Crippen molar-refractivity contribution in [3.63, 3.8) is 0 Å². The molecule has 100 valence electrons. The summed E-state index contributed by atoms with van der Waals surface area (Å²) >= 11 is 0. The van der Waals surface area contributed by atoms with Crippen LogP contribution in [-0.2, 0) is 0 Å². The molecule has 1 aromatic carbocycles. The summed E-state index contributed by atoms with van der Waals surface area (Å²) in [4.78, 5) is 11.5. The van der Waals surface area contributed by atoms with Gasteiger partial charge in [-0.3, -0.25) is 0 Å². The lowest BCUT2D eigenvalue weighted by molar-refractivity contribution is 0.229. The third-order valence-corrected chi connectivity index (χ3v) is 3.00. The maximum Gasteiger partial charge on any atom is 0.319 e. The molecule has 2 atom stereocenters. The minimum Gasteiger partial charge on any atom is -0.394 e. The summed E-state index contributed by atoms with van der Waals surface area (Å²) in [5, 5.41) is 14.2. The summed E-state index contributed by atoms with van der Waals surface area (Å²) < 4.78 is 0. The summed E-state index contributed by atoms with van der Waals surface area (Å²) in [6.45, 7) is 6.00. The van der Waals surface area contributed by atoms with Crippen molar-refractivity contribution in [2.75, 3.05) is 11.9 Å². The van der Waals surface area contributed by atoms with E-state index >= 15 is 0 Å². The molecule has 18 heavy (non-hydrogen) atoms. The summed E-state index contributed by atoms with van der Waals surface area (Å²) in [5.41, 5.74) is 2.02. The van der Waals surface area contributed by atoms with E-state index in [1.165, 1.54) is 5.56 Å². The fourth-order valence-corrected chi connectivity index (χ4v) is 1.57. The lowest BCUT2D eigenvalue weighted by Crippen LogP contribution is -2.38. The van der Waals surface area contributed by atoms with Gasteiger partial charge >= 0.3 is 6.03 Å². The number of anilines is 1. The third kappa shape index (κ3) is 4.37. The van der Waals surface area contributed by atoms with Crippen molar-refractivity contribution in [2.24, 2.45) is 0 Å². The highest BCUT2D eigenvalue weighted by atomic mass is 16.3. The zero-order valence-electron chi connectivity index (χ0n) is 11.2. The van der Waals surface area contributed by atoms with Crippen molar-refractivity contribution in [3.8, 4) is 0 Å².